The average molecular weight is 509 g/mol. The fourth-order valence-electron chi connectivity index (χ4n) is 2.65. The Labute approximate surface area is 191 Å². The van der Waals surface area contributed by atoms with Crippen molar-refractivity contribution < 1.29 is 54.6 Å². The molecule has 0 aliphatic heterocycles. The van der Waals surface area contributed by atoms with Crippen LogP contribution in [-0.2, 0) is 20.7 Å². The van der Waals surface area contributed by atoms with Crippen molar-refractivity contribution in [1.82, 2.24) is 0 Å². The molecule has 0 unspecified atom stereocenters. The molecule has 14 heteroatoms. The van der Waals surface area contributed by atoms with Gasteiger partial charge in [0.1, 0.15) is 17.3 Å². The second-order valence-electron chi connectivity index (χ2n) is 6.42. The molecule has 0 atom stereocenters. The van der Waals surface area contributed by atoms with Gasteiger partial charge in [0.2, 0.25) is 0 Å². The van der Waals surface area contributed by atoms with E-state index < -0.39 is 30.1 Å². The van der Waals surface area contributed by atoms with E-state index in [4.69, 9.17) is 10.00 Å². The second kappa shape index (κ2) is 10.1. The van der Waals surface area contributed by atoms with E-state index >= 15 is 0 Å². The molecule has 0 radical (unpaired) electrons. The Kier molecular flexibility index (Phi) is 7.93. The van der Waals surface area contributed by atoms with E-state index in [1.54, 1.807) is 12.1 Å². The molecule has 3 rings (SSSR count). The Morgan fingerprint density at radius 3 is 2.09 bits per heavy atom. The number of halogens is 7. The molecule has 180 valence electrons. The summed E-state index contributed by atoms with van der Waals surface area (Å²) in [5.74, 6) is -6.16. The fraction of sp³-hybridized carbons (Fsp3) is 0.200. The molecule has 6 nitrogen and oxygen atoms in total. The van der Waals surface area contributed by atoms with Gasteiger partial charge in [0.15, 0.2) is 5.78 Å². The lowest BCUT2D eigenvalue weighted by atomic mass is 10.1. The quantitative estimate of drug-likeness (QED) is 0.263. The van der Waals surface area contributed by atoms with Crippen LogP contribution in [0, 0.1) is 17.1 Å². The van der Waals surface area contributed by atoms with E-state index in [0.717, 1.165) is 11.6 Å². The highest BCUT2D eigenvalue weighted by atomic mass is 32.1. The van der Waals surface area contributed by atoms with E-state index in [1.807, 2.05) is 6.07 Å². The molecule has 2 aromatic carbocycles. The molecule has 0 bridgehead atoms. The van der Waals surface area contributed by atoms with Crippen molar-refractivity contribution in [3.63, 3.8) is 0 Å². The SMILES string of the molecule is N#Cc1cc(F)cc(Oc2ccc(S)c3c2CCC3=O)c1.O=C(OC(=O)C(F)(F)F)C(F)(F)F. The number of fused-ring (bicyclic) bond motifs is 1. The van der Waals surface area contributed by atoms with Gasteiger partial charge in [-0.05, 0) is 30.7 Å². The van der Waals surface area contributed by atoms with E-state index in [9.17, 15) is 45.1 Å². The Morgan fingerprint density at radius 1 is 0.971 bits per heavy atom. The van der Waals surface area contributed by atoms with Crippen LogP contribution < -0.4 is 4.74 Å². The number of nitriles is 1. The minimum Gasteiger partial charge on any atom is -0.457 e. The van der Waals surface area contributed by atoms with Crippen LogP contribution in [0.4, 0.5) is 30.7 Å². The fourth-order valence-corrected chi connectivity index (χ4v) is 2.98. The molecular formula is C20H10F7NO5S. The molecule has 1 aliphatic rings. The highest BCUT2D eigenvalue weighted by Crippen LogP contribution is 2.37. The third kappa shape index (κ3) is 6.70. The number of thiol groups is 1. The van der Waals surface area contributed by atoms with Crippen molar-refractivity contribution in [2.24, 2.45) is 0 Å². The summed E-state index contributed by atoms with van der Waals surface area (Å²) in [5.41, 5.74) is 1.55. The summed E-state index contributed by atoms with van der Waals surface area (Å²) >= 11 is 4.29. The largest absolute Gasteiger partial charge is 0.491 e. The molecule has 0 heterocycles. The van der Waals surface area contributed by atoms with Gasteiger partial charge >= 0.3 is 24.3 Å². The number of Topliss-reactive ketones (excluding diaryl/α,β-unsaturated/α-hetero) is 1. The van der Waals surface area contributed by atoms with Gasteiger partial charge in [-0.2, -0.15) is 31.6 Å². The van der Waals surface area contributed by atoms with Gasteiger partial charge in [-0.3, -0.25) is 4.79 Å². The van der Waals surface area contributed by atoms with Crippen molar-refractivity contribution >= 4 is 30.4 Å². The van der Waals surface area contributed by atoms with Crippen molar-refractivity contribution in [2.75, 3.05) is 0 Å². The first-order valence-electron chi connectivity index (χ1n) is 8.80. The number of esters is 2. The number of alkyl halides is 6. The summed E-state index contributed by atoms with van der Waals surface area (Å²) in [7, 11) is 0. The van der Waals surface area contributed by atoms with E-state index in [2.05, 4.69) is 17.4 Å². The molecule has 0 saturated carbocycles. The van der Waals surface area contributed by atoms with Crippen LogP contribution >= 0.6 is 12.6 Å². The smallest absolute Gasteiger partial charge is 0.457 e. The minimum absolute atomic E-state index is 0.0393. The zero-order valence-electron chi connectivity index (χ0n) is 16.4. The zero-order chi connectivity index (χ0) is 25.8. The summed E-state index contributed by atoms with van der Waals surface area (Å²) in [6, 6.07) is 9.07. The topological polar surface area (TPSA) is 93.5 Å². The molecule has 0 saturated heterocycles. The number of carbonyl (C=O) groups excluding carboxylic acids is 3. The van der Waals surface area contributed by atoms with Gasteiger partial charge in [0.05, 0.1) is 11.6 Å². The standard InChI is InChI=1S/C16H10FNO2S.C4F6O3/c17-10-5-9(8-18)6-11(7-10)20-14-3-4-15(21)16-12(14)1-2-13(16)19;5-3(6,7)1(11)13-2(12)4(8,9)10/h3-7,21H,1-2H2;. The van der Waals surface area contributed by atoms with Gasteiger partial charge in [0, 0.05) is 28.5 Å². The van der Waals surface area contributed by atoms with E-state index in [-0.39, 0.29) is 17.1 Å². The van der Waals surface area contributed by atoms with Gasteiger partial charge in [-0.25, -0.2) is 14.0 Å². The summed E-state index contributed by atoms with van der Waals surface area (Å²) in [6.45, 7) is 0. The van der Waals surface area contributed by atoms with Crippen LogP contribution in [0.5, 0.6) is 11.5 Å². The predicted octanol–water partition coefficient (Wildman–Crippen LogP) is 5.09. The number of ether oxygens (including phenoxy) is 2. The zero-order valence-corrected chi connectivity index (χ0v) is 17.3. The van der Waals surface area contributed by atoms with Crippen molar-refractivity contribution in [1.29, 1.82) is 5.26 Å². The third-order valence-electron chi connectivity index (χ3n) is 4.01. The Balaban J connectivity index is 0.000000273. The lowest BCUT2D eigenvalue weighted by Gasteiger charge is -2.11. The number of ketones is 1. The molecule has 0 spiro atoms. The highest BCUT2D eigenvalue weighted by Gasteiger charge is 2.49. The first-order chi connectivity index (χ1) is 15.6. The summed E-state index contributed by atoms with van der Waals surface area (Å²) in [4.78, 5) is 31.8. The van der Waals surface area contributed by atoms with Gasteiger partial charge in [0.25, 0.3) is 0 Å². The Bertz CT molecular complexity index is 1160. The predicted molar refractivity (Wildman–Crippen MR) is 101 cm³/mol. The highest BCUT2D eigenvalue weighted by molar-refractivity contribution is 7.80. The summed E-state index contributed by atoms with van der Waals surface area (Å²) in [5, 5.41) is 8.85. The van der Waals surface area contributed by atoms with Crippen molar-refractivity contribution in [3.8, 4) is 17.6 Å². The number of nitrogens with zero attached hydrogens (tertiary/aromatic N) is 1. The normalized spacial score (nSPS) is 12.7. The van der Waals surface area contributed by atoms with Crippen LogP contribution in [0.2, 0.25) is 0 Å². The first-order valence-corrected chi connectivity index (χ1v) is 9.25. The lowest BCUT2D eigenvalue weighted by Crippen LogP contribution is -2.34. The number of hydrogen-bond donors (Lipinski definition) is 1. The van der Waals surface area contributed by atoms with Gasteiger partial charge in [-0.15, -0.1) is 12.6 Å². The van der Waals surface area contributed by atoms with Crippen LogP contribution in [0.1, 0.15) is 27.9 Å². The molecule has 2 aromatic rings. The van der Waals surface area contributed by atoms with Crippen LogP contribution in [0.25, 0.3) is 0 Å². The van der Waals surface area contributed by atoms with E-state index in [1.165, 1.54) is 12.1 Å². The molecular weight excluding hydrogens is 499 g/mol. The monoisotopic (exact) mass is 509 g/mol. The Hall–Kier alpha value is -3.60. The maximum absolute atomic E-state index is 13.4. The number of hydrogen-bond acceptors (Lipinski definition) is 7. The van der Waals surface area contributed by atoms with Crippen molar-refractivity contribution in [2.45, 2.75) is 30.1 Å². The molecule has 0 aromatic heterocycles. The maximum Gasteiger partial charge on any atom is 0.491 e. The molecule has 34 heavy (non-hydrogen) atoms. The van der Waals surface area contributed by atoms with Crippen LogP contribution in [0.15, 0.2) is 35.2 Å². The van der Waals surface area contributed by atoms with Gasteiger partial charge in [-0.1, -0.05) is 0 Å². The number of carbonyl (C=O) groups is 3. The first kappa shape index (κ1) is 26.7. The van der Waals surface area contributed by atoms with E-state index in [0.29, 0.717) is 29.1 Å². The number of benzene rings is 2. The second-order valence-corrected chi connectivity index (χ2v) is 6.90. The number of rotatable bonds is 2. The molecule has 0 N–H and O–H groups in total. The third-order valence-corrected chi connectivity index (χ3v) is 4.38. The molecule has 0 fully saturated rings. The lowest BCUT2D eigenvalue weighted by molar-refractivity contribution is -0.221. The minimum atomic E-state index is -5.62. The summed E-state index contributed by atoms with van der Waals surface area (Å²) < 4.78 is 88.8. The Morgan fingerprint density at radius 2 is 1.56 bits per heavy atom. The molecule has 0 amide bonds. The van der Waals surface area contributed by atoms with Crippen LogP contribution in [0.3, 0.4) is 0 Å². The molecule has 1 aliphatic carbocycles. The van der Waals surface area contributed by atoms with Crippen molar-refractivity contribution in [3.05, 3.63) is 52.8 Å². The summed E-state index contributed by atoms with van der Waals surface area (Å²) in [6.07, 6.45) is -10.2. The van der Waals surface area contributed by atoms with Gasteiger partial charge < -0.3 is 9.47 Å². The maximum atomic E-state index is 13.4. The van der Waals surface area contributed by atoms with Crippen LogP contribution in [-0.4, -0.2) is 30.1 Å². The average Bonchev–Trinajstić information content (AvgIpc) is 3.11.